The quantitative estimate of drug-likeness (QED) is 0.511. The molecule has 1 saturated heterocycles. The molecule has 3 aromatic rings. The fourth-order valence-corrected chi connectivity index (χ4v) is 6.17. The first-order chi connectivity index (χ1) is 16.4. The third-order valence-electron chi connectivity index (χ3n) is 7.42. The summed E-state index contributed by atoms with van der Waals surface area (Å²) in [4.78, 5) is 43.2. The van der Waals surface area contributed by atoms with E-state index in [2.05, 4.69) is 0 Å². The molecule has 0 radical (unpaired) electrons. The molecular formula is C28H19F2NO3. The van der Waals surface area contributed by atoms with Crippen molar-refractivity contribution >= 4 is 29.1 Å². The van der Waals surface area contributed by atoms with Crippen LogP contribution in [0.2, 0.25) is 0 Å². The van der Waals surface area contributed by atoms with E-state index in [0.29, 0.717) is 11.3 Å². The largest absolute Gasteiger partial charge is 0.352 e. The number of Topliss-reactive ketones (excluding diaryl/α,β-unsaturated/α-hetero) is 3. The molecule has 0 N–H and O–H groups in total. The zero-order valence-electron chi connectivity index (χ0n) is 18.2. The summed E-state index contributed by atoms with van der Waals surface area (Å²) in [5.41, 5.74) is 0.0208. The van der Waals surface area contributed by atoms with Crippen LogP contribution in [0.3, 0.4) is 0 Å². The third-order valence-corrected chi connectivity index (χ3v) is 7.42. The van der Waals surface area contributed by atoms with Gasteiger partial charge < -0.3 is 4.90 Å². The average Bonchev–Trinajstić information content (AvgIpc) is 3.26. The topological polar surface area (TPSA) is 54.5 Å². The molecular weight excluding hydrogens is 436 g/mol. The molecule has 3 atom stereocenters. The molecule has 6 rings (SSSR count). The molecule has 4 nitrogen and oxygen atoms in total. The number of ketones is 3. The average molecular weight is 455 g/mol. The Morgan fingerprint density at radius 3 is 2.21 bits per heavy atom. The number of rotatable bonds is 2. The van der Waals surface area contributed by atoms with Gasteiger partial charge in [-0.15, -0.1) is 0 Å². The van der Waals surface area contributed by atoms with E-state index in [-0.39, 0.29) is 22.5 Å². The molecule has 0 unspecified atom stereocenters. The number of fused-ring (bicyclic) bond motifs is 5. The molecule has 1 fully saturated rings. The Balaban J connectivity index is 1.70. The summed E-state index contributed by atoms with van der Waals surface area (Å²) in [7, 11) is 0. The molecule has 0 saturated carbocycles. The molecule has 6 heteroatoms. The summed E-state index contributed by atoms with van der Waals surface area (Å²) in [6, 6.07) is 14.9. The number of carbonyl (C=O) groups excluding carboxylic acids is 3. The summed E-state index contributed by atoms with van der Waals surface area (Å²) >= 11 is 0. The summed E-state index contributed by atoms with van der Waals surface area (Å²) in [5, 5.41) is 0. The highest BCUT2D eigenvalue weighted by atomic mass is 19.1. The van der Waals surface area contributed by atoms with E-state index in [4.69, 9.17) is 0 Å². The SMILES string of the molecule is CC(=O)[C@@H]1[C@@H](c2ccccc2F)C2(C(=O)c3ccccc3C2=O)[C@@H]2C=Cc3cc(F)ccc3N12. The van der Waals surface area contributed by atoms with Crippen LogP contribution in [0.15, 0.2) is 72.8 Å². The maximum Gasteiger partial charge on any atom is 0.180 e. The predicted molar refractivity (Wildman–Crippen MR) is 123 cm³/mol. The Morgan fingerprint density at radius 2 is 1.56 bits per heavy atom. The number of benzene rings is 3. The summed E-state index contributed by atoms with van der Waals surface area (Å²) in [5.74, 6) is -3.24. The van der Waals surface area contributed by atoms with E-state index in [1.54, 1.807) is 53.5 Å². The zero-order chi connectivity index (χ0) is 23.8. The van der Waals surface area contributed by atoms with Crippen LogP contribution in [0.5, 0.6) is 0 Å². The number of halogens is 2. The van der Waals surface area contributed by atoms with Gasteiger partial charge in [0, 0.05) is 28.3 Å². The Labute approximate surface area is 194 Å². The first-order valence-electron chi connectivity index (χ1n) is 11.1. The predicted octanol–water partition coefficient (Wildman–Crippen LogP) is 4.99. The second-order valence-corrected chi connectivity index (χ2v) is 9.04. The van der Waals surface area contributed by atoms with Crippen LogP contribution in [0, 0.1) is 17.0 Å². The van der Waals surface area contributed by atoms with Crippen molar-refractivity contribution in [2.75, 3.05) is 4.90 Å². The number of nitrogens with zero attached hydrogens (tertiary/aromatic N) is 1. The van der Waals surface area contributed by atoms with E-state index in [0.717, 1.165) is 0 Å². The maximum atomic E-state index is 15.3. The van der Waals surface area contributed by atoms with Crippen molar-refractivity contribution in [1.82, 2.24) is 0 Å². The Kier molecular flexibility index (Phi) is 4.27. The van der Waals surface area contributed by atoms with Crippen molar-refractivity contribution in [2.24, 2.45) is 5.41 Å². The van der Waals surface area contributed by atoms with Gasteiger partial charge >= 0.3 is 0 Å². The molecule has 0 amide bonds. The Hall–Kier alpha value is -3.93. The minimum atomic E-state index is -1.73. The lowest BCUT2D eigenvalue weighted by molar-refractivity contribution is -0.118. The van der Waals surface area contributed by atoms with E-state index in [1.807, 2.05) is 0 Å². The second-order valence-electron chi connectivity index (χ2n) is 9.04. The van der Waals surface area contributed by atoms with E-state index in [1.165, 1.54) is 37.3 Å². The minimum absolute atomic E-state index is 0.142. The number of hydrogen-bond acceptors (Lipinski definition) is 4. The Morgan fingerprint density at radius 1 is 0.912 bits per heavy atom. The van der Waals surface area contributed by atoms with Crippen molar-refractivity contribution in [3.63, 3.8) is 0 Å². The van der Waals surface area contributed by atoms with Gasteiger partial charge in [0.25, 0.3) is 0 Å². The smallest absolute Gasteiger partial charge is 0.180 e. The van der Waals surface area contributed by atoms with Gasteiger partial charge in [0.05, 0.1) is 12.1 Å². The standard InChI is InChI=1S/C28H19F2NO3/c1-15(32)25-24(20-8-4-5-9-21(20)30)28(26(33)18-6-2-3-7-19(18)27(28)34)23-13-10-16-14-17(29)11-12-22(16)31(23)25/h2-14,23-25H,1H3/t23-,24+,25+/m0/s1. The van der Waals surface area contributed by atoms with Crippen molar-refractivity contribution in [3.05, 3.63) is 107 Å². The van der Waals surface area contributed by atoms with Crippen LogP contribution in [-0.4, -0.2) is 29.4 Å². The normalized spacial score (nSPS) is 23.7. The molecule has 34 heavy (non-hydrogen) atoms. The fraction of sp³-hybridized carbons (Fsp3) is 0.179. The molecule has 0 aromatic heterocycles. The van der Waals surface area contributed by atoms with Gasteiger partial charge in [0.2, 0.25) is 0 Å². The number of hydrogen-bond donors (Lipinski definition) is 0. The van der Waals surface area contributed by atoms with Gasteiger partial charge in [-0.3, -0.25) is 14.4 Å². The van der Waals surface area contributed by atoms with Crippen molar-refractivity contribution in [1.29, 1.82) is 0 Å². The fourth-order valence-electron chi connectivity index (χ4n) is 6.17. The number of carbonyl (C=O) groups is 3. The first kappa shape index (κ1) is 20.7. The molecule has 3 aromatic carbocycles. The summed E-state index contributed by atoms with van der Waals surface area (Å²) < 4.78 is 29.3. The van der Waals surface area contributed by atoms with E-state index >= 15 is 4.39 Å². The molecule has 0 bridgehead atoms. The van der Waals surface area contributed by atoms with Gasteiger partial charge in [-0.1, -0.05) is 54.6 Å². The lowest BCUT2D eigenvalue weighted by Crippen LogP contribution is -2.48. The van der Waals surface area contributed by atoms with Crippen molar-refractivity contribution < 1.29 is 23.2 Å². The third kappa shape index (κ3) is 2.43. The monoisotopic (exact) mass is 455 g/mol. The van der Waals surface area contributed by atoms with Crippen LogP contribution >= 0.6 is 0 Å². The lowest BCUT2D eigenvalue weighted by atomic mass is 9.64. The van der Waals surface area contributed by atoms with Gasteiger partial charge in [0.1, 0.15) is 17.0 Å². The van der Waals surface area contributed by atoms with Crippen LogP contribution in [0.25, 0.3) is 6.08 Å². The highest BCUT2D eigenvalue weighted by Crippen LogP contribution is 2.60. The minimum Gasteiger partial charge on any atom is -0.352 e. The van der Waals surface area contributed by atoms with Crippen LogP contribution in [0.1, 0.15) is 44.7 Å². The first-order valence-corrected chi connectivity index (χ1v) is 11.1. The molecule has 1 spiro atoms. The molecule has 168 valence electrons. The highest BCUT2D eigenvalue weighted by molar-refractivity contribution is 6.32. The van der Waals surface area contributed by atoms with Gasteiger partial charge in [-0.05, 0) is 36.8 Å². The van der Waals surface area contributed by atoms with Gasteiger partial charge in [-0.25, -0.2) is 8.78 Å². The van der Waals surface area contributed by atoms with Crippen LogP contribution in [-0.2, 0) is 4.79 Å². The van der Waals surface area contributed by atoms with Crippen LogP contribution < -0.4 is 4.90 Å². The molecule has 2 aliphatic heterocycles. The van der Waals surface area contributed by atoms with E-state index < -0.39 is 46.6 Å². The summed E-state index contributed by atoms with van der Waals surface area (Å²) in [6.45, 7) is 1.38. The Bertz CT molecular complexity index is 1410. The molecule has 2 heterocycles. The van der Waals surface area contributed by atoms with Gasteiger partial charge in [0.15, 0.2) is 17.3 Å². The van der Waals surface area contributed by atoms with Crippen molar-refractivity contribution in [2.45, 2.75) is 24.9 Å². The van der Waals surface area contributed by atoms with E-state index in [9.17, 15) is 18.8 Å². The second kappa shape index (κ2) is 7.03. The maximum absolute atomic E-state index is 15.3. The van der Waals surface area contributed by atoms with Crippen molar-refractivity contribution in [3.8, 4) is 0 Å². The lowest BCUT2D eigenvalue weighted by Gasteiger charge is -2.37. The zero-order valence-corrected chi connectivity index (χ0v) is 18.2. The highest BCUT2D eigenvalue weighted by Gasteiger charge is 2.71. The molecule has 3 aliphatic rings. The summed E-state index contributed by atoms with van der Waals surface area (Å²) in [6.07, 6.45) is 3.35. The molecule has 1 aliphatic carbocycles. The number of anilines is 1. The van der Waals surface area contributed by atoms with Crippen LogP contribution in [0.4, 0.5) is 14.5 Å². The van der Waals surface area contributed by atoms with Gasteiger partial charge in [-0.2, -0.15) is 0 Å².